The van der Waals surface area contributed by atoms with Gasteiger partial charge in [-0.2, -0.15) is 0 Å². The smallest absolute Gasteiger partial charge is 0.410 e. The van der Waals surface area contributed by atoms with Crippen molar-refractivity contribution in [2.45, 2.75) is 4.90 Å². The van der Waals surface area contributed by atoms with Crippen molar-refractivity contribution >= 4 is 28.4 Å². The molecule has 3 aromatic rings. The molecule has 1 saturated heterocycles. The van der Waals surface area contributed by atoms with Gasteiger partial charge in [0.25, 0.3) is 0 Å². The molecule has 1 N–H and O–H groups in total. The fraction of sp³-hybridized carbons (Fsp3) is 0.227. The first-order valence-electron chi connectivity index (χ1n) is 9.77. The summed E-state index contributed by atoms with van der Waals surface area (Å²) in [5.41, 5.74) is 1.37. The Balaban J connectivity index is 1.50. The molecule has 9 heteroatoms. The number of amides is 1. The van der Waals surface area contributed by atoms with Crippen LogP contribution in [-0.4, -0.2) is 52.8 Å². The summed E-state index contributed by atoms with van der Waals surface area (Å²) in [5.74, 6) is 1.66. The summed E-state index contributed by atoms with van der Waals surface area (Å²) in [6.07, 6.45) is 2.67. The van der Waals surface area contributed by atoms with E-state index in [1.807, 2.05) is 18.2 Å². The number of benzene rings is 2. The normalized spacial score (nSPS) is 14.7. The molecule has 1 unspecified atom stereocenters. The van der Waals surface area contributed by atoms with Gasteiger partial charge in [-0.15, -0.1) is 0 Å². The maximum Gasteiger partial charge on any atom is 0.417 e. The van der Waals surface area contributed by atoms with Crippen LogP contribution in [0.3, 0.4) is 0 Å². The van der Waals surface area contributed by atoms with E-state index in [1.54, 1.807) is 48.9 Å². The molecule has 0 saturated carbocycles. The summed E-state index contributed by atoms with van der Waals surface area (Å²) in [4.78, 5) is 23.8. The van der Waals surface area contributed by atoms with Gasteiger partial charge in [-0.25, -0.2) is 14.8 Å². The minimum absolute atomic E-state index is 0.467. The van der Waals surface area contributed by atoms with E-state index in [-0.39, 0.29) is 0 Å². The lowest BCUT2D eigenvalue weighted by molar-refractivity contribution is 0.122. The predicted molar refractivity (Wildman–Crippen MR) is 119 cm³/mol. The van der Waals surface area contributed by atoms with E-state index in [0.717, 1.165) is 5.56 Å². The van der Waals surface area contributed by atoms with E-state index < -0.39 is 16.9 Å². The molecule has 2 aromatic carbocycles. The van der Waals surface area contributed by atoms with Crippen LogP contribution in [0.5, 0.6) is 5.75 Å². The molecule has 0 bridgehead atoms. The Hall–Kier alpha value is -3.30. The zero-order valence-electron chi connectivity index (χ0n) is 17.0. The van der Waals surface area contributed by atoms with Crippen LogP contribution < -0.4 is 15.0 Å². The fourth-order valence-corrected chi connectivity index (χ4v) is 3.78. The van der Waals surface area contributed by atoms with Gasteiger partial charge >= 0.3 is 6.09 Å². The van der Waals surface area contributed by atoms with Crippen LogP contribution >= 0.6 is 0 Å². The summed E-state index contributed by atoms with van der Waals surface area (Å²) in [6.45, 7) is 2.59. The van der Waals surface area contributed by atoms with Crippen LogP contribution in [0.4, 0.5) is 16.3 Å². The fourth-order valence-electron chi connectivity index (χ4n) is 3.15. The van der Waals surface area contributed by atoms with Crippen molar-refractivity contribution in [2.75, 3.05) is 42.8 Å². The Morgan fingerprint density at radius 3 is 2.48 bits per heavy atom. The van der Waals surface area contributed by atoms with Crippen LogP contribution in [-0.2, 0) is 15.5 Å². The Morgan fingerprint density at radius 2 is 1.81 bits per heavy atom. The quantitative estimate of drug-likeness (QED) is 0.653. The Bertz CT molecular complexity index is 1070. The topological polar surface area (TPSA) is 93.7 Å². The lowest BCUT2D eigenvalue weighted by atomic mass is 10.2. The second-order valence-corrected chi connectivity index (χ2v) is 8.19. The lowest BCUT2D eigenvalue weighted by Crippen LogP contribution is -2.37. The van der Waals surface area contributed by atoms with Crippen LogP contribution in [0, 0.1) is 0 Å². The van der Waals surface area contributed by atoms with Crippen molar-refractivity contribution in [3.63, 3.8) is 0 Å². The number of nitrogens with zero attached hydrogens (tertiary/aromatic N) is 3. The Labute approximate surface area is 182 Å². The van der Waals surface area contributed by atoms with E-state index in [1.165, 1.54) is 0 Å². The number of morpholine rings is 1. The molecular weight excluding hydrogens is 416 g/mol. The minimum Gasteiger partial charge on any atom is -0.410 e. The van der Waals surface area contributed by atoms with E-state index in [4.69, 9.17) is 9.47 Å². The number of aromatic nitrogens is 2. The van der Waals surface area contributed by atoms with Gasteiger partial charge in [0, 0.05) is 36.8 Å². The molecule has 1 amide bonds. The number of ether oxygens (including phenoxy) is 2. The third-order valence-corrected chi connectivity index (χ3v) is 5.61. The number of rotatable bonds is 5. The van der Waals surface area contributed by atoms with Gasteiger partial charge in [0.15, 0.2) is 5.82 Å². The molecule has 4 rings (SSSR count). The number of hydrogen-bond donors (Lipinski definition) is 1. The molecule has 1 aliphatic rings. The molecule has 0 spiro atoms. The van der Waals surface area contributed by atoms with E-state index in [2.05, 4.69) is 20.2 Å². The molecule has 160 valence electrons. The summed E-state index contributed by atoms with van der Waals surface area (Å²) < 4.78 is 22.8. The highest BCUT2D eigenvalue weighted by atomic mass is 32.2. The van der Waals surface area contributed by atoms with Crippen molar-refractivity contribution in [1.82, 2.24) is 9.97 Å². The molecule has 8 nitrogen and oxygen atoms in total. The number of anilines is 2. The van der Waals surface area contributed by atoms with Crippen LogP contribution in [0.15, 0.2) is 65.7 Å². The van der Waals surface area contributed by atoms with Gasteiger partial charge in [-0.05, 0) is 36.4 Å². The standard InChI is InChI=1S/C22H22N4O4S/c1-31(28)19-15-23-20(25-21(19)26-11-13-29-14-12-26)16-7-9-17(10-8-16)24-22(27)30-18-5-3-2-4-6-18/h2-10,15H,11-14H2,1H3,(H,24,27). The maximum absolute atomic E-state index is 12.2. The summed E-state index contributed by atoms with van der Waals surface area (Å²) in [7, 11) is -1.20. The monoisotopic (exact) mass is 438 g/mol. The molecule has 1 fully saturated rings. The first-order valence-corrected chi connectivity index (χ1v) is 11.3. The predicted octanol–water partition coefficient (Wildman–Crippen LogP) is 3.33. The highest BCUT2D eigenvalue weighted by molar-refractivity contribution is 7.84. The van der Waals surface area contributed by atoms with Crippen molar-refractivity contribution in [3.05, 3.63) is 60.8 Å². The SMILES string of the molecule is CS(=O)c1cnc(-c2ccc(NC(=O)Oc3ccccc3)cc2)nc1N1CCOCC1. The van der Waals surface area contributed by atoms with E-state index >= 15 is 0 Å². The molecule has 2 heterocycles. The van der Waals surface area contributed by atoms with Crippen molar-refractivity contribution < 1.29 is 18.5 Å². The van der Waals surface area contributed by atoms with Gasteiger partial charge in [0.1, 0.15) is 11.6 Å². The zero-order valence-corrected chi connectivity index (χ0v) is 17.8. The number of hydrogen-bond acceptors (Lipinski definition) is 7. The molecular formula is C22H22N4O4S. The highest BCUT2D eigenvalue weighted by Gasteiger charge is 2.20. The van der Waals surface area contributed by atoms with Crippen LogP contribution in [0.1, 0.15) is 0 Å². The van der Waals surface area contributed by atoms with Crippen molar-refractivity contribution in [2.24, 2.45) is 0 Å². The first-order chi connectivity index (χ1) is 15.1. The number of nitrogens with one attached hydrogen (secondary N) is 1. The Kier molecular flexibility index (Phi) is 6.54. The second kappa shape index (κ2) is 9.67. The van der Waals surface area contributed by atoms with Gasteiger partial charge in [-0.1, -0.05) is 18.2 Å². The first kappa shape index (κ1) is 21.0. The average Bonchev–Trinajstić information content (AvgIpc) is 2.80. The van der Waals surface area contributed by atoms with Crippen LogP contribution in [0.2, 0.25) is 0 Å². The second-order valence-electron chi connectivity index (χ2n) is 6.84. The molecule has 0 radical (unpaired) electrons. The van der Waals surface area contributed by atoms with Crippen molar-refractivity contribution in [3.8, 4) is 17.1 Å². The van der Waals surface area contributed by atoms with Crippen molar-refractivity contribution in [1.29, 1.82) is 0 Å². The molecule has 31 heavy (non-hydrogen) atoms. The molecule has 1 aliphatic heterocycles. The summed E-state index contributed by atoms with van der Waals surface area (Å²) in [5, 5.41) is 2.69. The summed E-state index contributed by atoms with van der Waals surface area (Å²) >= 11 is 0. The third-order valence-electron chi connectivity index (χ3n) is 4.70. The molecule has 1 aromatic heterocycles. The zero-order chi connectivity index (χ0) is 21.6. The Morgan fingerprint density at radius 1 is 1.10 bits per heavy atom. The number of para-hydroxylation sites is 1. The largest absolute Gasteiger partial charge is 0.417 e. The highest BCUT2D eigenvalue weighted by Crippen LogP contribution is 2.26. The number of carbonyl (C=O) groups is 1. The minimum atomic E-state index is -1.20. The van der Waals surface area contributed by atoms with Gasteiger partial charge in [-0.3, -0.25) is 9.53 Å². The van der Waals surface area contributed by atoms with E-state index in [0.29, 0.717) is 54.3 Å². The molecule has 1 atom stereocenters. The van der Waals surface area contributed by atoms with Gasteiger partial charge in [0.05, 0.1) is 28.9 Å². The number of carbonyl (C=O) groups excluding carboxylic acids is 1. The maximum atomic E-state index is 12.2. The molecule has 0 aliphatic carbocycles. The lowest BCUT2D eigenvalue weighted by Gasteiger charge is -2.29. The van der Waals surface area contributed by atoms with Crippen LogP contribution in [0.25, 0.3) is 11.4 Å². The third kappa shape index (κ3) is 5.25. The van der Waals surface area contributed by atoms with Gasteiger partial charge < -0.3 is 14.4 Å². The summed E-state index contributed by atoms with van der Waals surface area (Å²) in [6, 6.07) is 16.0. The average molecular weight is 439 g/mol. The van der Waals surface area contributed by atoms with E-state index in [9.17, 15) is 9.00 Å². The van der Waals surface area contributed by atoms with Gasteiger partial charge in [0.2, 0.25) is 0 Å².